The first-order valence-corrected chi connectivity index (χ1v) is 4.43. The largest absolute Gasteiger partial charge is 0.382 e. The van der Waals surface area contributed by atoms with Crippen LogP contribution in [0, 0.1) is 11.3 Å². The maximum Gasteiger partial charge on any atom is 0.236 e. The molecule has 0 spiro atoms. The Morgan fingerprint density at radius 3 is 2.80 bits per heavy atom. The van der Waals surface area contributed by atoms with Gasteiger partial charge in [0.2, 0.25) is 5.91 Å². The number of nitriles is 1. The van der Waals surface area contributed by atoms with E-state index in [-0.39, 0.29) is 6.54 Å². The fourth-order valence-electron chi connectivity index (χ4n) is 1.06. The summed E-state index contributed by atoms with van der Waals surface area (Å²) in [6, 6.07) is 8.25. The lowest BCUT2D eigenvalue weighted by atomic mass is 10.2. The van der Waals surface area contributed by atoms with Gasteiger partial charge in [0.1, 0.15) is 12.1 Å². The standard InChI is InChI=1S/C10H12N4O/c11-5-7-3-1-2-4-9(7)14-6-8(12)10(13)15/h1-4,8,14H,6,12H2,(H2,13,15). The van der Waals surface area contributed by atoms with Crippen LogP contribution in [0.2, 0.25) is 0 Å². The number of rotatable bonds is 4. The van der Waals surface area contributed by atoms with Crippen LogP contribution in [0.5, 0.6) is 0 Å². The van der Waals surface area contributed by atoms with Crippen LogP contribution in [0.3, 0.4) is 0 Å². The number of nitrogens with zero attached hydrogens (tertiary/aromatic N) is 1. The van der Waals surface area contributed by atoms with Gasteiger partial charge in [0.25, 0.3) is 0 Å². The molecule has 1 atom stereocenters. The molecule has 0 saturated carbocycles. The highest BCUT2D eigenvalue weighted by molar-refractivity contribution is 5.80. The maximum atomic E-state index is 10.7. The van der Waals surface area contributed by atoms with Crippen molar-refractivity contribution >= 4 is 11.6 Å². The van der Waals surface area contributed by atoms with Crippen molar-refractivity contribution in [3.8, 4) is 6.07 Å². The van der Waals surface area contributed by atoms with Gasteiger partial charge in [-0.1, -0.05) is 12.1 Å². The second-order valence-corrected chi connectivity index (χ2v) is 3.05. The Hall–Kier alpha value is -2.06. The molecule has 0 aliphatic carbocycles. The van der Waals surface area contributed by atoms with E-state index in [4.69, 9.17) is 16.7 Å². The predicted octanol–water partition coefficient (Wildman–Crippen LogP) is -0.217. The van der Waals surface area contributed by atoms with Crippen molar-refractivity contribution in [2.75, 3.05) is 11.9 Å². The second kappa shape index (κ2) is 4.98. The maximum absolute atomic E-state index is 10.7. The van der Waals surface area contributed by atoms with Crippen molar-refractivity contribution in [3.63, 3.8) is 0 Å². The van der Waals surface area contributed by atoms with Crippen molar-refractivity contribution < 1.29 is 4.79 Å². The molecule has 1 aromatic rings. The molecule has 5 heteroatoms. The summed E-state index contributed by atoms with van der Waals surface area (Å²) in [6.07, 6.45) is 0. The highest BCUT2D eigenvalue weighted by atomic mass is 16.1. The van der Waals surface area contributed by atoms with Gasteiger partial charge in [-0.3, -0.25) is 4.79 Å². The Bertz CT molecular complexity index is 397. The third-order valence-electron chi connectivity index (χ3n) is 1.93. The summed E-state index contributed by atoms with van der Waals surface area (Å²) in [6.45, 7) is 0.216. The Kier molecular flexibility index (Phi) is 3.66. The predicted molar refractivity (Wildman–Crippen MR) is 56.8 cm³/mol. The van der Waals surface area contributed by atoms with Crippen LogP contribution >= 0.6 is 0 Å². The van der Waals surface area contributed by atoms with E-state index < -0.39 is 11.9 Å². The molecule has 78 valence electrons. The number of para-hydroxylation sites is 1. The Morgan fingerprint density at radius 2 is 2.20 bits per heavy atom. The molecule has 0 aromatic heterocycles. The molecule has 0 saturated heterocycles. The number of amides is 1. The third kappa shape index (κ3) is 2.97. The van der Waals surface area contributed by atoms with E-state index in [0.717, 1.165) is 0 Å². The summed E-state index contributed by atoms with van der Waals surface area (Å²) in [5, 5.41) is 11.7. The minimum atomic E-state index is -0.753. The van der Waals surface area contributed by atoms with Gasteiger partial charge in [-0.2, -0.15) is 5.26 Å². The zero-order valence-corrected chi connectivity index (χ0v) is 8.10. The average Bonchev–Trinajstić information content (AvgIpc) is 2.26. The average molecular weight is 204 g/mol. The fourth-order valence-corrected chi connectivity index (χ4v) is 1.06. The van der Waals surface area contributed by atoms with E-state index in [0.29, 0.717) is 11.3 Å². The van der Waals surface area contributed by atoms with Crippen LogP contribution in [-0.2, 0) is 4.79 Å². The van der Waals surface area contributed by atoms with E-state index in [1.165, 1.54) is 0 Å². The van der Waals surface area contributed by atoms with Crippen LogP contribution in [0.1, 0.15) is 5.56 Å². The van der Waals surface area contributed by atoms with E-state index in [9.17, 15) is 4.79 Å². The van der Waals surface area contributed by atoms with Crippen molar-refractivity contribution in [2.24, 2.45) is 11.5 Å². The lowest BCUT2D eigenvalue weighted by molar-refractivity contribution is -0.118. The van der Waals surface area contributed by atoms with E-state index in [1.54, 1.807) is 24.3 Å². The van der Waals surface area contributed by atoms with Crippen LogP contribution < -0.4 is 16.8 Å². The first-order chi connectivity index (χ1) is 7.15. The molecule has 0 aliphatic rings. The summed E-state index contributed by atoms with van der Waals surface area (Å²) < 4.78 is 0. The second-order valence-electron chi connectivity index (χ2n) is 3.05. The molecule has 0 radical (unpaired) electrons. The van der Waals surface area contributed by atoms with E-state index in [2.05, 4.69) is 5.32 Å². The summed E-state index contributed by atoms with van der Waals surface area (Å²) in [7, 11) is 0. The normalized spacial score (nSPS) is 11.5. The van der Waals surface area contributed by atoms with Crippen molar-refractivity contribution in [2.45, 2.75) is 6.04 Å². The zero-order valence-electron chi connectivity index (χ0n) is 8.10. The SMILES string of the molecule is N#Cc1ccccc1NCC(N)C(N)=O. The minimum Gasteiger partial charge on any atom is -0.382 e. The molecule has 1 unspecified atom stereocenters. The van der Waals surface area contributed by atoms with Crippen molar-refractivity contribution in [3.05, 3.63) is 29.8 Å². The van der Waals surface area contributed by atoms with Gasteiger partial charge >= 0.3 is 0 Å². The van der Waals surface area contributed by atoms with E-state index in [1.807, 2.05) is 6.07 Å². The lowest BCUT2D eigenvalue weighted by Crippen LogP contribution is -2.41. The van der Waals surface area contributed by atoms with Crippen LogP contribution in [0.4, 0.5) is 5.69 Å². The number of hydrogen-bond donors (Lipinski definition) is 3. The first-order valence-electron chi connectivity index (χ1n) is 4.43. The number of hydrogen-bond acceptors (Lipinski definition) is 4. The Labute approximate surface area is 87.7 Å². The number of nitrogens with one attached hydrogen (secondary N) is 1. The molecule has 0 heterocycles. The number of anilines is 1. The molecular formula is C10H12N4O. The quantitative estimate of drug-likeness (QED) is 0.630. The Balaban J connectivity index is 2.66. The summed E-state index contributed by atoms with van der Waals surface area (Å²) in [4.78, 5) is 10.7. The topological polar surface area (TPSA) is 105 Å². The molecule has 5 nitrogen and oxygen atoms in total. The molecule has 1 amide bonds. The summed E-state index contributed by atoms with van der Waals surface area (Å²) in [5.74, 6) is -0.572. The van der Waals surface area contributed by atoms with Gasteiger partial charge < -0.3 is 16.8 Å². The third-order valence-corrected chi connectivity index (χ3v) is 1.93. The minimum absolute atomic E-state index is 0.216. The smallest absolute Gasteiger partial charge is 0.236 e. The summed E-state index contributed by atoms with van der Waals surface area (Å²) in [5.41, 5.74) is 11.6. The number of nitrogens with two attached hydrogens (primary N) is 2. The first kappa shape index (κ1) is 11.0. The monoisotopic (exact) mass is 204 g/mol. The lowest BCUT2D eigenvalue weighted by Gasteiger charge is -2.11. The van der Waals surface area contributed by atoms with Crippen molar-refractivity contribution in [1.29, 1.82) is 5.26 Å². The molecule has 1 rings (SSSR count). The molecule has 0 aliphatic heterocycles. The molecular weight excluding hydrogens is 192 g/mol. The van der Waals surface area contributed by atoms with Gasteiger partial charge in [0.15, 0.2) is 0 Å². The Morgan fingerprint density at radius 1 is 1.53 bits per heavy atom. The van der Waals surface area contributed by atoms with Gasteiger partial charge in [0, 0.05) is 6.54 Å². The highest BCUT2D eigenvalue weighted by Gasteiger charge is 2.09. The van der Waals surface area contributed by atoms with Crippen molar-refractivity contribution in [1.82, 2.24) is 0 Å². The van der Waals surface area contributed by atoms with Gasteiger partial charge in [-0.25, -0.2) is 0 Å². The molecule has 15 heavy (non-hydrogen) atoms. The molecule has 5 N–H and O–H groups in total. The highest BCUT2D eigenvalue weighted by Crippen LogP contribution is 2.12. The zero-order chi connectivity index (χ0) is 11.3. The molecule has 1 aromatic carbocycles. The van der Waals surface area contributed by atoms with E-state index >= 15 is 0 Å². The molecule has 0 bridgehead atoms. The summed E-state index contributed by atoms with van der Waals surface area (Å²) >= 11 is 0. The number of primary amides is 1. The molecule has 0 fully saturated rings. The van der Waals surface area contributed by atoms with Gasteiger partial charge in [0.05, 0.1) is 11.3 Å². The van der Waals surface area contributed by atoms with Crippen LogP contribution in [0.25, 0.3) is 0 Å². The fraction of sp³-hybridized carbons (Fsp3) is 0.200. The van der Waals surface area contributed by atoms with Crippen LogP contribution in [-0.4, -0.2) is 18.5 Å². The van der Waals surface area contributed by atoms with Gasteiger partial charge in [-0.15, -0.1) is 0 Å². The number of carbonyl (C=O) groups is 1. The number of carbonyl (C=O) groups excluding carboxylic acids is 1. The van der Waals surface area contributed by atoms with Crippen LogP contribution in [0.15, 0.2) is 24.3 Å². The van der Waals surface area contributed by atoms with Gasteiger partial charge in [-0.05, 0) is 12.1 Å². The number of benzene rings is 1.